The highest BCUT2D eigenvalue weighted by molar-refractivity contribution is 6.33. The second-order valence-corrected chi connectivity index (χ2v) is 3.35. The number of hydrogen-bond donors (Lipinski definition) is 0. The number of hydrogen-bond acceptors (Lipinski definition) is 3. The summed E-state index contributed by atoms with van der Waals surface area (Å²) in [7, 11) is 1.63. The van der Waals surface area contributed by atoms with Gasteiger partial charge in [0.15, 0.2) is 0 Å². The van der Waals surface area contributed by atoms with Crippen LogP contribution in [0.5, 0.6) is 0 Å². The smallest absolute Gasteiger partial charge is 0.260 e. The van der Waals surface area contributed by atoms with Crippen molar-refractivity contribution < 1.29 is 4.79 Å². The Hall–Kier alpha value is -2.59. The van der Waals surface area contributed by atoms with E-state index in [4.69, 9.17) is 10.5 Å². The van der Waals surface area contributed by atoms with Crippen LogP contribution in [0.1, 0.15) is 5.56 Å². The zero-order valence-corrected chi connectivity index (χ0v) is 8.56. The number of fused-ring (bicyclic) bond motifs is 1. The van der Waals surface area contributed by atoms with E-state index < -0.39 is 0 Å². The van der Waals surface area contributed by atoms with Crippen molar-refractivity contribution in [1.29, 1.82) is 10.5 Å². The van der Waals surface area contributed by atoms with E-state index in [-0.39, 0.29) is 17.1 Å². The molecule has 0 aliphatic carbocycles. The molecule has 0 saturated heterocycles. The Labute approximate surface area is 92.6 Å². The van der Waals surface area contributed by atoms with E-state index in [1.165, 1.54) is 4.90 Å². The van der Waals surface area contributed by atoms with Crippen LogP contribution in [0.15, 0.2) is 29.8 Å². The number of carbonyl (C=O) groups is 1. The van der Waals surface area contributed by atoms with Gasteiger partial charge in [0.2, 0.25) is 0 Å². The maximum Gasteiger partial charge on any atom is 0.260 e. The van der Waals surface area contributed by atoms with Crippen molar-refractivity contribution in [2.24, 2.45) is 0 Å². The SMILES string of the molecule is CN1C(=O)C(=C(C#N)C#N)c2ccccc21. The zero-order valence-electron chi connectivity index (χ0n) is 8.56. The fraction of sp³-hybridized carbons (Fsp3) is 0.0833. The maximum atomic E-state index is 11.9. The summed E-state index contributed by atoms with van der Waals surface area (Å²) in [4.78, 5) is 13.3. The molecule has 0 unspecified atom stereocenters. The summed E-state index contributed by atoms with van der Waals surface area (Å²) in [6.07, 6.45) is 0. The molecule has 0 radical (unpaired) electrons. The summed E-state index contributed by atoms with van der Waals surface area (Å²) in [6, 6.07) is 10.6. The van der Waals surface area contributed by atoms with Gasteiger partial charge in [-0.05, 0) is 6.07 Å². The molecule has 1 aliphatic rings. The minimum atomic E-state index is -0.306. The number of para-hydroxylation sites is 1. The lowest BCUT2D eigenvalue weighted by Gasteiger charge is -2.07. The van der Waals surface area contributed by atoms with Gasteiger partial charge in [-0.1, -0.05) is 18.2 Å². The van der Waals surface area contributed by atoms with Gasteiger partial charge in [0.1, 0.15) is 17.7 Å². The third-order valence-electron chi connectivity index (χ3n) is 2.53. The molecule has 0 N–H and O–H groups in total. The predicted octanol–water partition coefficient (Wildman–Crippen LogP) is 1.46. The number of rotatable bonds is 0. The second kappa shape index (κ2) is 3.52. The first kappa shape index (κ1) is 9.95. The van der Waals surface area contributed by atoms with Gasteiger partial charge in [0.25, 0.3) is 5.91 Å². The highest BCUT2D eigenvalue weighted by Gasteiger charge is 2.32. The lowest BCUT2D eigenvalue weighted by molar-refractivity contribution is -0.112. The van der Waals surface area contributed by atoms with Crippen molar-refractivity contribution >= 4 is 17.2 Å². The van der Waals surface area contributed by atoms with Crippen molar-refractivity contribution in [3.8, 4) is 12.1 Å². The van der Waals surface area contributed by atoms with Crippen LogP contribution in [0.4, 0.5) is 5.69 Å². The molecular formula is C12H7N3O. The molecule has 4 nitrogen and oxygen atoms in total. The molecule has 4 heteroatoms. The first-order valence-corrected chi connectivity index (χ1v) is 4.62. The normalized spacial score (nSPS) is 13.1. The van der Waals surface area contributed by atoms with E-state index in [0.717, 1.165) is 5.69 Å². The molecule has 2 rings (SSSR count). The Balaban J connectivity index is 2.78. The highest BCUT2D eigenvalue weighted by Crippen LogP contribution is 2.36. The van der Waals surface area contributed by atoms with Crippen LogP contribution in [0.2, 0.25) is 0 Å². The first-order valence-electron chi connectivity index (χ1n) is 4.62. The largest absolute Gasteiger partial charge is 0.311 e. The number of carbonyl (C=O) groups excluding carboxylic acids is 1. The molecule has 0 atom stereocenters. The fourth-order valence-electron chi connectivity index (χ4n) is 1.75. The molecule has 0 fully saturated rings. The quantitative estimate of drug-likeness (QED) is 0.480. The van der Waals surface area contributed by atoms with Gasteiger partial charge >= 0.3 is 0 Å². The lowest BCUT2D eigenvalue weighted by Crippen LogP contribution is -2.20. The van der Waals surface area contributed by atoms with Gasteiger partial charge < -0.3 is 4.90 Å². The molecule has 0 aromatic heterocycles. The van der Waals surface area contributed by atoms with E-state index in [9.17, 15) is 4.79 Å². The Morgan fingerprint density at radius 2 is 1.88 bits per heavy atom. The van der Waals surface area contributed by atoms with Crippen LogP contribution in [0, 0.1) is 22.7 Å². The number of likely N-dealkylation sites (N-methyl/N-ethyl adjacent to an activating group) is 1. The third kappa shape index (κ3) is 1.18. The summed E-state index contributed by atoms with van der Waals surface area (Å²) < 4.78 is 0. The van der Waals surface area contributed by atoms with E-state index in [1.807, 2.05) is 6.07 Å². The van der Waals surface area contributed by atoms with E-state index in [2.05, 4.69) is 0 Å². The predicted molar refractivity (Wildman–Crippen MR) is 58.0 cm³/mol. The molecular weight excluding hydrogens is 202 g/mol. The summed E-state index contributed by atoms with van der Waals surface area (Å²) in [6.45, 7) is 0. The van der Waals surface area contributed by atoms with Gasteiger partial charge in [-0.15, -0.1) is 0 Å². The summed E-state index contributed by atoms with van der Waals surface area (Å²) in [5.41, 5.74) is 1.43. The van der Waals surface area contributed by atoms with Crippen molar-refractivity contribution in [2.75, 3.05) is 11.9 Å². The number of anilines is 1. The maximum absolute atomic E-state index is 11.9. The van der Waals surface area contributed by atoms with Crippen LogP contribution in [-0.2, 0) is 4.79 Å². The number of benzene rings is 1. The minimum absolute atomic E-state index is 0.137. The topological polar surface area (TPSA) is 67.9 Å². The molecule has 0 saturated carbocycles. The van der Waals surface area contributed by atoms with E-state index >= 15 is 0 Å². The molecule has 0 spiro atoms. The van der Waals surface area contributed by atoms with Gasteiger partial charge in [-0.2, -0.15) is 10.5 Å². The Bertz CT molecular complexity index is 571. The van der Waals surface area contributed by atoms with Gasteiger partial charge in [-0.3, -0.25) is 4.79 Å². The molecule has 1 heterocycles. The van der Waals surface area contributed by atoms with Crippen LogP contribution < -0.4 is 4.90 Å². The number of amides is 1. The average Bonchev–Trinajstić information content (AvgIpc) is 2.57. The summed E-state index contributed by atoms with van der Waals surface area (Å²) >= 11 is 0. The van der Waals surface area contributed by atoms with Crippen molar-refractivity contribution in [1.82, 2.24) is 0 Å². The number of nitriles is 2. The lowest BCUT2D eigenvalue weighted by atomic mass is 10.0. The standard InChI is InChI=1S/C12H7N3O/c1-15-10-5-3-2-4-9(10)11(12(15)16)8(6-13)7-14/h2-5H,1H3. The van der Waals surface area contributed by atoms with E-state index in [1.54, 1.807) is 37.4 Å². The molecule has 1 amide bonds. The van der Waals surface area contributed by atoms with Gasteiger partial charge in [0.05, 0.1) is 11.3 Å². The Kier molecular flexibility index (Phi) is 2.19. The molecule has 76 valence electrons. The van der Waals surface area contributed by atoms with Crippen molar-refractivity contribution in [2.45, 2.75) is 0 Å². The zero-order chi connectivity index (χ0) is 11.7. The fourth-order valence-corrected chi connectivity index (χ4v) is 1.75. The molecule has 0 bridgehead atoms. The highest BCUT2D eigenvalue weighted by atomic mass is 16.2. The van der Waals surface area contributed by atoms with Crippen molar-refractivity contribution in [3.05, 3.63) is 35.4 Å². The van der Waals surface area contributed by atoms with E-state index in [0.29, 0.717) is 5.56 Å². The average molecular weight is 209 g/mol. The number of allylic oxidation sites excluding steroid dienone is 1. The van der Waals surface area contributed by atoms with Crippen LogP contribution in [0.3, 0.4) is 0 Å². The van der Waals surface area contributed by atoms with Crippen LogP contribution in [0.25, 0.3) is 5.57 Å². The van der Waals surface area contributed by atoms with Crippen molar-refractivity contribution in [3.63, 3.8) is 0 Å². The van der Waals surface area contributed by atoms with Crippen LogP contribution in [-0.4, -0.2) is 13.0 Å². The molecule has 1 aromatic rings. The second-order valence-electron chi connectivity index (χ2n) is 3.35. The van der Waals surface area contributed by atoms with Gasteiger partial charge in [0, 0.05) is 12.6 Å². The summed E-state index contributed by atoms with van der Waals surface area (Å²) in [5.74, 6) is -0.306. The molecule has 16 heavy (non-hydrogen) atoms. The van der Waals surface area contributed by atoms with Crippen LogP contribution >= 0.6 is 0 Å². The summed E-state index contributed by atoms with van der Waals surface area (Å²) in [5, 5.41) is 17.6. The number of nitrogens with zero attached hydrogens (tertiary/aromatic N) is 3. The molecule has 1 aliphatic heterocycles. The molecule has 1 aromatic carbocycles. The first-order chi connectivity index (χ1) is 7.70. The Morgan fingerprint density at radius 1 is 1.25 bits per heavy atom. The monoisotopic (exact) mass is 209 g/mol. The Morgan fingerprint density at radius 3 is 2.50 bits per heavy atom. The minimum Gasteiger partial charge on any atom is -0.311 e. The van der Waals surface area contributed by atoms with Gasteiger partial charge in [-0.25, -0.2) is 0 Å². The third-order valence-corrected chi connectivity index (χ3v) is 2.53.